The van der Waals surface area contributed by atoms with Gasteiger partial charge >= 0.3 is 0 Å². The van der Waals surface area contributed by atoms with E-state index in [-0.39, 0.29) is 6.10 Å². The molecule has 19 heavy (non-hydrogen) atoms. The minimum absolute atomic E-state index is 0.0374. The summed E-state index contributed by atoms with van der Waals surface area (Å²) in [6, 6.07) is 4.01. The normalized spacial score (nSPS) is 18.9. The molecule has 1 aliphatic heterocycles. The topological polar surface area (TPSA) is 74.2 Å². The molecule has 3 rings (SSSR count). The van der Waals surface area contributed by atoms with Crippen LogP contribution in [0, 0.1) is 13.8 Å². The third kappa shape index (κ3) is 2.21. The van der Waals surface area contributed by atoms with Gasteiger partial charge in [0.05, 0.1) is 5.56 Å². The van der Waals surface area contributed by atoms with Gasteiger partial charge in [0.1, 0.15) is 6.10 Å². The summed E-state index contributed by atoms with van der Waals surface area (Å²) in [6.45, 7) is 4.76. The van der Waals surface area contributed by atoms with E-state index in [0.29, 0.717) is 17.4 Å². The standard InChI is InChI=1S/C14H17N3O2/c1-8-6-9(2)12(15)10(7-8)14-16-13(17-19-14)11-4-3-5-18-11/h6-7,11H,3-5,15H2,1-2H3. The van der Waals surface area contributed by atoms with Gasteiger partial charge in [0.25, 0.3) is 5.89 Å². The van der Waals surface area contributed by atoms with E-state index in [2.05, 4.69) is 10.1 Å². The SMILES string of the molecule is Cc1cc(C)c(N)c(-c2nc(C3CCCO3)no2)c1. The largest absolute Gasteiger partial charge is 0.398 e. The molecule has 0 saturated carbocycles. The van der Waals surface area contributed by atoms with Crippen LogP contribution in [0.5, 0.6) is 0 Å². The van der Waals surface area contributed by atoms with Crippen LogP contribution in [-0.2, 0) is 4.74 Å². The van der Waals surface area contributed by atoms with E-state index in [0.717, 1.165) is 36.1 Å². The zero-order chi connectivity index (χ0) is 13.4. The van der Waals surface area contributed by atoms with Crippen molar-refractivity contribution in [1.29, 1.82) is 0 Å². The molecule has 1 aliphatic rings. The molecule has 0 spiro atoms. The second kappa shape index (κ2) is 4.66. The Morgan fingerprint density at radius 1 is 1.32 bits per heavy atom. The van der Waals surface area contributed by atoms with E-state index in [1.165, 1.54) is 0 Å². The number of nitrogens with zero attached hydrogens (tertiary/aromatic N) is 2. The number of aryl methyl sites for hydroxylation is 2. The predicted octanol–water partition coefficient (Wildman–Crippen LogP) is 2.79. The summed E-state index contributed by atoms with van der Waals surface area (Å²) in [5.74, 6) is 1.08. The molecule has 1 unspecified atom stereocenters. The summed E-state index contributed by atoms with van der Waals surface area (Å²) < 4.78 is 10.9. The van der Waals surface area contributed by atoms with Gasteiger partial charge in [-0.3, -0.25) is 0 Å². The van der Waals surface area contributed by atoms with Gasteiger partial charge in [-0.2, -0.15) is 4.98 Å². The summed E-state index contributed by atoms with van der Waals surface area (Å²) in [4.78, 5) is 4.42. The predicted molar refractivity (Wildman–Crippen MR) is 71.5 cm³/mol. The average Bonchev–Trinajstić information content (AvgIpc) is 3.03. The third-order valence-corrected chi connectivity index (χ3v) is 3.42. The number of nitrogen functional groups attached to an aromatic ring is 1. The fraction of sp³-hybridized carbons (Fsp3) is 0.429. The highest BCUT2D eigenvalue weighted by Gasteiger charge is 2.24. The maximum absolute atomic E-state index is 6.09. The van der Waals surface area contributed by atoms with Crippen molar-refractivity contribution in [3.8, 4) is 11.5 Å². The molecule has 100 valence electrons. The second-order valence-corrected chi connectivity index (χ2v) is 5.00. The van der Waals surface area contributed by atoms with E-state index >= 15 is 0 Å². The molecule has 2 aromatic rings. The first-order valence-electron chi connectivity index (χ1n) is 6.47. The van der Waals surface area contributed by atoms with Crippen LogP contribution in [0.2, 0.25) is 0 Å². The molecule has 0 bridgehead atoms. The van der Waals surface area contributed by atoms with Crippen molar-refractivity contribution < 1.29 is 9.26 Å². The molecular weight excluding hydrogens is 242 g/mol. The molecule has 1 aromatic carbocycles. The molecule has 2 heterocycles. The molecule has 0 amide bonds. The van der Waals surface area contributed by atoms with Crippen LogP contribution in [0.15, 0.2) is 16.7 Å². The molecule has 5 heteroatoms. The fourth-order valence-electron chi connectivity index (χ4n) is 2.41. The first kappa shape index (κ1) is 12.2. The second-order valence-electron chi connectivity index (χ2n) is 5.00. The van der Waals surface area contributed by atoms with Crippen molar-refractivity contribution in [1.82, 2.24) is 10.1 Å². The molecule has 1 saturated heterocycles. The third-order valence-electron chi connectivity index (χ3n) is 3.42. The Morgan fingerprint density at radius 2 is 2.16 bits per heavy atom. The number of rotatable bonds is 2. The number of hydrogen-bond acceptors (Lipinski definition) is 5. The Balaban J connectivity index is 1.98. The summed E-state index contributed by atoms with van der Waals surface area (Å²) in [6.07, 6.45) is 1.95. The fourth-order valence-corrected chi connectivity index (χ4v) is 2.41. The maximum Gasteiger partial charge on any atom is 0.260 e. The smallest absolute Gasteiger partial charge is 0.260 e. The lowest BCUT2D eigenvalue weighted by Gasteiger charge is -2.06. The van der Waals surface area contributed by atoms with Crippen molar-refractivity contribution in [2.45, 2.75) is 32.8 Å². The van der Waals surface area contributed by atoms with Crippen LogP contribution in [0.4, 0.5) is 5.69 Å². The molecule has 1 atom stereocenters. The van der Waals surface area contributed by atoms with Crippen molar-refractivity contribution in [3.05, 3.63) is 29.1 Å². The summed E-state index contributed by atoms with van der Waals surface area (Å²) in [5.41, 5.74) is 9.72. The first-order chi connectivity index (χ1) is 9.15. The number of anilines is 1. The molecule has 0 aliphatic carbocycles. The zero-order valence-electron chi connectivity index (χ0n) is 11.1. The Morgan fingerprint density at radius 3 is 2.89 bits per heavy atom. The Labute approximate surface area is 111 Å². The van der Waals surface area contributed by atoms with Crippen molar-refractivity contribution >= 4 is 5.69 Å². The van der Waals surface area contributed by atoms with Crippen LogP contribution in [0.1, 0.15) is 35.9 Å². The highest BCUT2D eigenvalue weighted by Crippen LogP contribution is 2.31. The Kier molecular flexibility index (Phi) is 2.98. The van der Waals surface area contributed by atoms with Crippen molar-refractivity contribution in [2.75, 3.05) is 12.3 Å². The van der Waals surface area contributed by atoms with E-state index in [1.54, 1.807) is 0 Å². The van der Waals surface area contributed by atoms with Crippen LogP contribution < -0.4 is 5.73 Å². The molecular formula is C14H17N3O2. The van der Waals surface area contributed by atoms with E-state index in [9.17, 15) is 0 Å². The van der Waals surface area contributed by atoms with Crippen molar-refractivity contribution in [2.24, 2.45) is 0 Å². The van der Waals surface area contributed by atoms with Gasteiger partial charge in [0.15, 0.2) is 0 Å². The van der Waals surface area contributed by atoms with Gasteiger partial charge in [-0.1, -0.05) is 11.2 Å². The average molecular weight is 259 g/mol. The minimum Gasteiger partial charge on any atom is -0.398 e. The number of aromatic nitrogens is 2. The zero-order valence-corrected chi connectivity index (χ0v) is 11.1. The maximum atomic E-state index is 6.09. The number of nitrogens with two attached hydrogens (primary N) is 1. The lowest BCUT2D eigenvalue weighted by molar-refractivity contribution is 0.103. The first-order valence-corrected chi connectivity index (χ1v) is 6.47. The number of benzene rings is 1. The van der Waals surface area contributed by atoms with Crippen LogP contribution in [-0.4, -0.2) is 16.7 Å². The lowest BCUT2D eigenvalue weighted by atomic mass is 10.0. The summed E-state index contributed by atoms with van der Waals surface area (Å²) in [5, 5.41) is 4.01. The molecule has 1 fully saturated rings. The molecule has 5 nitrogen and oxygen atoms in total. The number of hydrogen-bond donors (Lipinski definition) is 1. The van der Waals surface area contributed by atoms with E-state index in [4.69, 9.17) is 15.0 Å². The van der Waals surface area contributed by atoms with Crippen molar-refractivity contribution in [3.63, 3.8) is 0 Å². The summed E-state index contributed by atoms with van der Waals surface area (Å²) >= 11 is 0. The van der Waals surface area contributed by atoms with Gasteiger partial charge in [-0.25, -0.2) is 0 Å². The molecule has 1 aromatic heterocycles. The van der Waals surface area contributed by atoms with Crippen LogP contribution in [0.25, 0.3) is 11.5 Å². The van der Waals surface area contributed by atoms with Gasteiger partial charge in [-0.05, 0) is 43.9 Å². The summed E-state index contributed by atoms with van der Waals surface area (Å²) in [7, 11) is 0. The van der Waals surface area contributed by atoms with Crippen LogP contribution in [0.3, 0.4) is 0 Å². The van der Waals surface area contributed by atoms with E-state index in [1.807, 2.05) is 26.0 Å². The highest BCUT2D eigenvalue weighted by atomic mass is 16.5. The van der Waals surface area contributed by atoms with Gasteiger partial charge in [0, 0.05) is 12.3 Å². The quantitative estimate of drug-likeness (QED) is 0.839. The monoisotopic (exact) mass is 259 g/mol. The highest BCUT2D eigenvalue weighted by molar-refractivity contribution is 5.74. The molecule has 2 N–H and O–H groups in total. The number of ether oxygens (including phenoxy) is 1. The van der Waals surface area contributed by atoms with E-state index < -0.39 is 0 Å². The Hall–Kier alpha value is -1.88. The van der Waals surface area contributed by atoms with Gasteiger partial charge in [0.2, 0.25) is 5.82 Å². The minimum atomic E-state index is -0.0374. The van der Waals surface area contributed by atoms with Gasteiger partial charge in [-0.15, -0.1) is 0 Å². The Bertz CT molecular complexity index is 601. The van der Waals surface area contributed by atoms with Gasteiger partial charge < -0.3 is 15.0 Å². The molecule has 0 radical (unpaired) electrons. The van der Waals surface area contributed by atoms with Crippen LogP contribution >= 0.6 is 0 Å². The lowest BCUT2D eigenvalue weighted by Crippen LogP contribution is -1.98.